The van der Waals surface area contributed by atoms with Gasteiger partial charge in [0.15, 0.2) is 0 Å². The van der Waals surface area contributed by atoms with E-state index in [0.717, 1.165) is 62.7 Å². The van der Waals surface area contributed by atoms with Crippen molar-refractivity contribution < 1.29 is 19.8 Å². The van der Waals surface area contributed by atoms with E-state index < -0.39 is 0 Å². The number of fused-ring (bicyclic) bond motifs is 6. The van der Waals surface area contributed by atoms with Gasteiger partial charge in [-0.1, -0.05) is 19.4 Å². The van der Waals surface area contributed by atoms with Crippen molar-refractivity contribution in [1.29, 1.82) is 0 Å². The number of urea groups is 1. The number of aromatic hydroxyl groups is 1. The normalized spacial score (nSPS) is 40.4. The Morgan fingerprint density at radius 3 is 2.92 bits per heavy atom. The molecule has 2 saturated heterocycles. The molecule has 0 aromatic heterocycles. The van der Waals surface area contributed by atoms with Gasteiger partial charge in [-0.15, -0.1) is 0 Å². The molecule has 36 heavy (non-hydrogen) atoms. The molecule has 6 rings (SSSR count). The van der Waals surface area contributed by atoms with E-state index in [1.807, 2.05) is 17.8 Å². The predicted molar refractivity (Wildman–Crippen MR) is 140 cm³/mol. The van der Waals surface area contributed by atoms with E-state index in [1.165, 1.54) is 5.56 Å². The molecule has 2 heterocycles. The van der Waals surface area contributed by atoms with Crippen LogP contribution >= 0.6 is 11.8 Å². The second-order valence-corrected chi connectivity index (χ2v) is 13.3. The quantitative estimate of drug-likeness (QED) is 0.292. The van der Waals surface area contributed by atoms with Gasteiger partial charge >= 0.3 is 6.03 Å². The minimum atomic E-state index is -0.223. The Hall–Kier alpha value is -1.93. The summed E-state index contributed by atoms with van der Waals surface area (Å²) in [4.78, 5) is 24.6. The van der Waals surface area contributed by atoms with Gasteiger partial charge < -0.3 is 26.2 Å². The smallest absolute Gasteiger partial charge is 0.315 e. The van der Waals surface area contributed by atoms with Crippen LogP contribution in [0.25, 0.3) is 0 Å². The zero-order valence-electron chi connectivity index (χ0n) is 21.0. The van der Waals surface area contributed by atoms with Crippen molar-refractivity contribution in [3.8, 4) is 5.75 Å². The van der Waals surface area contributed by atoms with E-state index in [1.54, 1.807) is 6.07 Å². The van der Waals surface area contributed by atoms with E-state index in [2.05, 4.69) is 28.9 Å². The number of carbonyl (C=O) groups is 2. The average molecular weight is 514 g/mol. The molecule has 3 aliphatic carbocycles. The first kappa shape index (κ1) is 24.4. The molecule has 1 aromatic carbocycles. The molecule has 0 spiro atoms. The molecule has 5 aliphatic rings. The summed E-state index contributed by atoms with van der Waals surface area (Å²) in [6.07, 6.45) is 8.00. The summed E-state index contributed by atoms with van der Waals surface area (Å²) in [5, 5.41) is 30.8. The number of aliphatic hydroxyl groups is 1. The number of phenolic OH excluding ortho intramolecular Hbond substituents is 1. The lowest BCUT2D eigenvalue weighted by Gasteiger charge is -2.51. The largest absolute Gasteiger partial charge is 0.508 e. The molecular weight excluding hydrogens is 474 g/mol. The van der Waals surface area contributed by atoms with Crippen LogP contribution in [0.4, 0.5) is 4.79 Å². The molecule has 2 saturated carbocycles. The molecule has 8 heteroatoms. The Morgan fingerprint density at radius 2 is 2.06 bits per heavy atom. The first-order valence-electron chi connectivity index (χ1n) is 13.8. The fraction of sp³-hybridized carbons (Fsp3) is 0.714. The van der Waals surface area contributed by atoms with Gasteiger partial charge in [0.1, 0.15) is 5.75 Å². The van der Waals surface area contributed by atoms with Gasteiger partial charge in [0, 0.05) is 17.4 Å². The maximum Gasteiger partial charge on any atom is 0.315 e. The number of hydrogen-bond donors (Lipinski definition) is 5. The molecule has 0 bridgehead atoms. The van der Waals surface area contributed by atoms with E-state index >= 15 is 0 Å². The predicted octanol–water partition coefficient (Wildman–Crippen LogP) is 3.95. The van der Waals surface area contributed by atoms with Crippen LogP contribution in [-0.4, -0.2) is 51.3 Å². The summed E-state index contributed by atoms with van der Waals surface area (Å²) < 4.78 is 0. The lowest BCUT2D eigenvalue weighted by atomic mass is 9.54. The first-order chi connectivity index (χ1) is 17.3. The molecule has 7 nitrogen and oxygen atoms in total. The number of phenols is 1. The van der Waals surface area contributed by atoms with Gasteiger partial charge in [0.25, 0.3) is 0 Å². The van der Waals surface area contributed by atoms with Crippen LogP contribution in [0.5, 0.6) is 5.75 Å². The summed E-state index contributed by atoms with van der Waals surface area (Å²) in [6, 6.07) is 6.01. The molecule has 1 aromatic rings. The standard InChI is InChI=1S/C28H39N3O4S/c1-28-11-10-17-16-7-6-15(32)12-19(16)21(13-18(17)20(28)8-9-24(28)33)29-25(34)5-3-2-4-23-26-22(14-36-23)30-27(35)31-26/h6-7,12,17-18,20-24,26,32-33H,2-5,8-11,13-14H2,1H3,(H,29,34)(H2,30,31,35)/t17-,18-,20+,21?,22+,23+,24?,26+,28+/m1/s1. The van der Waals surface area contributed by atoms with Crippen LogP contribution in [-0.2, 0) is 4.79 Å². The van der Waals surface area contributed by atoms with Crippen molar-refractivity contribution in [3.63, 3.8) is 0 Å². The second kappa shape index (κ2) is 9.43. The number of hydrogen-bond acceptors (Lipinski definition) is 5. The fourth-order valence-corrected chi connectivity index (χ4v) is 9.80. The van der Waals surface area contributed by atoms with Crippen LogP contribution < -0.4 is 16.0 Å². The van der Waals surface area contributed by atoms with Gasteiger partial charge in [-0.25, -0.2) is 4.79 Å². The molecule has 4 fully saturated rings. The van der Waals surface area contributed by atoms with Gasteiger partial charge in [0.2, 0.25) is 5.91 Å². The molecule has 3 amide bonds. The molecule has 5 N–H and O–H groups in total. The van der Waals surface area contributed by atoms with E-state index in [4.69, 9.17) is 0 Å². The van der Waals surface area contributed by atoms with Crippen molar-refractivity contribution in [2.45, 2.75) is 100 Å². The number of rotatable bonds is 6. The van der Waals surface area contributed by atoms with Crippen molar-refractivity contribution in [2.24, 2.45) is 17.3 Å². The Kier molecular flexibility index (Phi) is 6.39. The fourth-order valence-electron chi connectivity index (χ4n) is 8.25. The highest BCUT2D eigenvalue weighted by atomic mass is 32.2. The molecule has 9 atom stereocenters. The van der Waals surface area contributed by atoms with Crippen LogP contribution in [0, 0.1) is 17.3 Å². The third-order valence-electron chi connectivity index (χ3n) is 10.2. The highest BCUT2D eigenvalue weighted by Gasteiger charge is 2.55. The lowest BCUT2D eigenvalue weighted by molar-refractivity contribution is -0.122. The summed E-state index contributed by atoms with van der Waals surface area (Å²) in [5.41, 5.74) is 2.33. The summed E-state index contributed by atoms with van der Waals surface area (Å²) in [6.45, 7) is 2.27. The minimum absolute atomic E-state index is 0.0181. The maximum atomic E-state index is 13.0. The third-order valence-corrected chi connectivity index (χ3v) is 11.7. The Balaban J connectivity index is 1.09. The molecule has 196 valence electrons. The number of amides is 3. The number of unbranched alkanes of at least 4 members (excludes halogenated alkanes) is 1. The Bertz CT molecular complexity index is 1040. The van der Waals surface area contributed by atoms with Crippen molar-refractivity contribution in [1.82, 2.24) is 16.0 Å². The van der Waals surface area contributed by atoms with Gasteiger partial charge in [-0.3, -0.25) is 4.79 Å². The number of carbonyl (C=O) groups excluding carboxylic acids is 2. The van der Waals surface area contributed by atoms with Gasteiger partial charge in [-0.2, -0.15) is 11.8 Å². The SMILES string of the molecule is C[C@]12CC[C@@H]3c4ccc(O)cc4C(NC(=O)CCCC[C@@H]4SC[C@@H]5NC(=O)N[C@@H]54)C[C@H]3[C@@H]1CCC2O. The number of benzene rings is 1. The van der Waals surface area contributed by atoms with Crippen molar-refractivity contribution in [2.75, 3.05) is 5.75 Å². The van der Waals surface area contributed by atoms with Crippen LogP contribution in [0.1, 0.15) is 87.8 Å². The zero-order chi connectivity index (χ0) is 25.0. The highest BCUT2D eigenvalue weighted by Crippen LogP contribution is 2.62. The highest BCUT2D eigenvalue weighted by molar-refractivity contribution is 8.00. The minimum Gasteiger partial charge on any atom is -0.508 e. The average Bonchev–Trinajstić information content (AvgIpc) is 3.49. The second-order valence-electron chi connectivity index (χ2n) is 12.1. The molecule has 0 radical (unpaired) electrons. The maximum absolute atomic E-state index is 13.0. The monoisotopic (exact) mass is 513 g/mol. The molecule has 2 aliphatic heterocycles. The molecule has 2 unspecified atom stereocenters. The van der Waals surface area contributed by atoms with Gasteiger partial charge in [0.05, 0.1) is 24.2 Å². The van der Waals surface area contributed by atoms with Crippen LogP contribution in [0.2, 0.25) is 0 Å². The van der Waals surface area contributed by atoms with Crippen LogP contribution in [0.3, 0.4) is 0 Å². The summed E-state index contributed by atoms with van der Waals surface area (Å²) in [5.74, 6) is 2.66. The Labute approximate surface area is 217 Å². The number of thioether (sulfide) groups is 1. The number of nitrogens with one attached hydrogen (secondary N) is 3. The number of aliphatic hydroxyl groups excluding tert-OH is 1. The Morgan fingerprint density at radius 1 is 1.19 bits per heavy atom. The molecular formula is C28H39N3O4S. The van der Waals surface area contributed by atoms with E-state index in [9.17, 15) is 19.8 Å². The lowest BCUT2D eigenvalue weighted by Crippen LogP contribution is -2.46. The first-order valence-corrected chi connectivity index (χ1v) is 14.9. The van der Waals surface area contributed by atoms with E-state index in [0.29, 0.717) is 29.4 Å². The van der Waals surface area contributed by atoms with E-state index in [-0.39, 0.29) is 47.3 Å². The summed E-state index contributed by atoms with van der Waals surface area (Å²) >= 11 is 1.92. The zero-order valence-corrected chi connectivity index (χ0v) is 21.9. The topological polar surface area (TPSA) is 111 Å². The summed E-state index contributed by atoms with van der Waals surface area (Å²) in [7, 11) is 0. The van der Waals surface area contributed by atoms with Crippen molar-refractivity contribution >= 4 is 23.7 Å². The van der Waals surface area contributed by atoms with Crippen LogP contribution in [0.15, 0.2) is 18.2 Å². The van der Waals surface area contributed by atoms with Gasteiger partial charge in [-0.05, 0) is 91.4 Å². The van der Waals surface area contributed by atoms with Crippen molar-refractivity contribution in [3.05, 3.63) is 29.3 Å². The third kappa shape index (κ3) is 4.18.